The fourth-order valence-corrected chi connectivity index (χ4v) is 3.07. The van der Waals surface area contributed by atoms with E-state index in [4.69, 9.17) is 11.6 Å². The highest BCUT2D eigenvalue weighted by molar-refractivity contribution is 7.16. The van der Waals surface area contributed by atoms with Crippen molar-refractivity contribution in [2.75, 3.05) is 0 Å². The molecule has 0 N–H and O–H groups in total. The van der Waals surface area contributed by atoms with Crippen LogP contribution in [0.4, 0.5) is 0 Å². The largest absolute Gasteiger partial charge is 0.226 e. The summed E-state index contributed by atoms with van der Waals surface area (Å²) < 4.78 is 3.49. The third kappa shape index (κ3) is 2.19. The van der Waals surface area contributed by atoms with Gasteiger partial charge in [0, 0.05) is 16.7 Å². The Bertz CT molecular complexity index is 646. The van der Waals surface area contributed by atoms with Crippen molar-refractivity contribution in [2.45, 2.75) is 6.54 Å². The average molecular weight is 261 g/mol. The van der Waals surface area contributed by atoms with Crippen LogP contribution in [-0.2, 0) is 6.54 Å². The van der Waals surface area contributed by atoms with Crippen LogP contribution in [0.15, 0.2) is 54.0 Å². The number of fused-ring (bicyclic) bond motifs is 1. The molecule has 0 saturated heterocycles. The number of hydrogen-bond acceptors (Lipinski definition) is 1. The Balaban J connectivity index is 2.01. The summed E-state index contributed by atoms with van der Waals surface area (Å²) in [5, 5.41) is 0.797. The van der Waals surface area contributed by atoms with Gasteiger partial charge in [-0.1, -0.05) is 53.3 Å². The van der Waals surface area contributed by atoms with Crippen LogP contribution >= 0.6 is 22.9 Å². The molecule has 3 heteroatoms. The van der Waals surface area contributed by atoms with Crippen molar-refractivity contribution in [3.05, 3.63) is 64.6 Å². The Labute approximate surface area is 109 Å². The van der Waals surface area contributed by atoms with Crippen molar-refractivity contribution in [3.8, 4) is 0 Å². The van der Waals surface area contributed by atoms with Gasteiger partial charge >= 0.3 is 0 Å². The Morgan fingerprint density at radius 1 is 1.06 bits per heavy atom. The van der Waals surface area contributed by atoms with Crippen molar-refractivity contribution in [1.29, 1.82) is 0 Å². The maximum absolute atomic E-state index is 5.99. The molecule has 0 amide bonds. The van der Waals surface area contributed by atoms with E-state index in [2.05, 4.69) is 40.4 Å². The number of hydrogen-bond donors (Lipinski definition) is 0. The van der Waals surface area contributed by atoms with E-state index in [1.165, 1.54) is 15.8 Å². The fraction of sp³-hybridized carbons (Fsp3) is 0.0714. The molecule has 0 atom stereocenters. The summed E-state index contributed by atoms with van der Waals surface area (Å²) in [5.74, 6) is 0. The lowest BCUT2D eigenvalue weighted by Gasteiger charge is -1.95. The molecule has 1 aromatic heterocycles. The molecule has 0 saturated carbocycles. The molecule has 0 fully saturated rings. The maximum Gasteiger partial charge on any atom is 0.226 e. The topological polar surface area (TPSA) is 3.88 Å². The lowest BCUT2D eigenvalue weighted by molar-refractivity contribution is -0.658. The SMILES string of the molecule is Clc1ccc2c(c1)sc[n+]2Cc1ccccc1. The molecule has 0 aliphatic rings. The van der Waals surface area contributed by atoms with E-state index in [0.717, 1.165) is 11.6 Å². The van der Waals surface area contributed by atoms with Gasteiger partial charge in [0.1, 0.15) is 4.70 Å². The van der Waals surface area contributed by atoms with E-state index in [-0.39, 0.29) is 0 Å². The van der Waals surface area contributed by atoms with Crippen molar-refractivity contribution in [2.24, 2.45) is 0 Å². The molecule has 0 unspecified atom stereocenters. The molecule has 3 rings (SSSR count). The Kier molecular flexibility index (Phi) is 2.83. The van der Waals surface area contributed by atoms with Gasteiger partial charge < -0.3 is 0 Å². The third-order valence-corrected chi connectivity index (χ3v) is 3.91. The van der Waals surface area contributed by atoms with Crippen LogP contribution < -0.4 is 4.57 Å². The molecule has 1 nitrogen and oxygen atoms in total. The molecular weight excluding hydrogens is 250 g/mol. The summed E-state index contributed by atoms with van der Waals surface area (Å²) in [6, 6.07) is 16.5. The second-order valence-electron chi connectivity index (χ2n) is 3.95. The molecule has 0 bridgehead atoms. The van der Waals surface area contributed by atoms with Crippen LogP contribution in [0.5, 0.6) is 0 Å². The monoisotopic (exact) mass is 260 g/mol. The maximum atomic E-state index is 5.99. The molecule has 0 aliphatic carbocycles. The Morgan fingerprint density at radius 3 is 2.71 bits per heavy atom. The van der Waals surface area contributed by atoms with Crippen LogP contribution in [-0.4, -0.2) is 0 Å². The number of rotatable bonds is 2. The van der Waals surface area contributed by atoms with Crippen molar-refractivity contribution < 1.29 is 4.57 Å². The average Bonchev–Trinajstić information content (AvgIpc) is 2.73. The first-order valence-electron chi connectivity index (χ1n) is 5.43. The van der Waals surface area contributed by atoms with Crippen LogP contribution in [0.3, 0.4) is 0 Å². The van der Waals surface area contributed by atoms with Gasteiger partial charge in [-0.05, 0) is 12.1 Å². The molecule has 84 valence electrons. The van der Waals surface area contributed by atoms with Gasteiger partial charge in [0.25, 0.3) is 0 Å². The third-order valence-electron chi connectivity index (χ3n) is 2.73. The van der Waals surface area contributed by atoms with Gasteiger partial charge in [-0.2, -0.15) is 4.57 Å². The summed E-state index contributed by atoms with van der Waals surface area (Å²) in [6.45, 7) is 0.905. The number of halogens is 1. The zero-order valence-corrected chi connectivity index (χ0v) is 10.7. The van der Waals surface area contributed by atoms with Crippen LogP contribution in [0, 0.1) is 0 Å². The number of aromatic nitrogens is 1. The van der Waals surface area contributed by atoms with Crippen molar-refractivity contribution >= 4 is 33.2 Å². The Hall–Kier alpha value is -1.38. The van der Waals surface area contributed by atoms with Crippen molar-refractivity contribution in [1.82, 2.24) is 0 Å². The van der Waals surface area contributed by atoms with Crippen LogP contribution in [0.25, 0.3) is 10.2 Å². The van der Waals surface area contributed by atoms with E-state index in [9.17, 15) is 0 Å². The number of benzene rings is 2. The summed E-state index contributed by atoms with van der Waals surface area (Å²) in [5.41, 5.74) is 4.70. The standard InChI is InChI=1S/C14H11ClNS/c15-12-6-7-13-14(8-12)17-10-16(13)9-11-4-2-1-3-5-11/h1-8,10H,9H2/q+1. The summed E-state index contributed by atoms with van der Waals surface area (Å²) in [7, 11) is 0. The van der Waals surface area contributed by atoms with Gasteiger partial charge in [0.2, 0.25) is 11.0 Å². The van der Waals surface area contributed by atoms with Crippen LogP contribution in [0.1, 0.15) is 5.56 Å². The second-order valence-corrected chi connectivity index (χ2v) is 5.27. The summed E-state index contributed by atoms with van der Waals surface area (Å²) in [6.07, 6.45) is 0. The van der Waals surface area contributed by atoms with Gasteiger partial charge in [0.05, 0.1) is 0 Å². The number of nitrogens with zero attached hydrogens (tertiary/aromatic N) is 1. The molecule has 17 heavy (non-hydrogen) atoms. The van der Waals surface area contributed by atoms with Gasteiger partial charge in [-0.15, -0.1) is 0 Å². The van der Waals surface area contributed by atoms with Gasteiger partial charge in [0.15, 0.2) is 6.54 Å². The van der Waals surface area contributed by atoms with E-state index in [1.807, 2.05) is 18.2 Å². The summed E-state index contributed by atoms with van der Waals surface area (Å²) >= 11 is 7.71. The van der Waals surface area contributed by atoms with Gasteiger partial charge in [-0.25, -0.2) is 0 Å². The first-order chi connectivity index (χ1) is 8.33. The molecule has 3 aromatic rings. The Morgan fingerprint density at radius 2 is 1.88 bits per heavy atom. The second kappa shape index (κ2) is 4.47. The van der Waals surface area contributed by atoms with Crippen molar-refractivity contribution in [3.63, 3.8) is 0 Å². The normalized spacial score (nSPS) is 10.9. The molecule has 1 heterocycles. The highest BCUT2D eigenvalue weighted by Gasteiger charge is 2.12. The predicted octanol–water partition coefficient (Wildman–Crippen LogP) is 3.89. The lowest BCUT2D eigenvalue weighted by Crippen LogP contribution is -2.31. The first kappa shape index (κ1) is 10.8. The zero-order valence-electron chi connectivity index (χ0n) is 9.14. The van der Waals surface area contributed by atoms with Gasteiger partial charge in [-0.3, -0.25) is 0 Å². The predicted molar refractivity (Wildman–Crippen MR) is 72.6 cm³/mol. The molecule has 0 aliphatic heterocycles. The highest BCUT2D eigenvalue weighted by atomic mass is 35.5. The quantitative estimate of drug-likeness (QED) is 0.616. The minimum atomic E-state index is 0.797. The highest BCUT2D eigenvalue weighted by Crippen LogP contribution is 2.21. The summed E-state index contributed by atoms with van der Waals surface area (Å²) in [4.78, 5) is 0. The molecule has 0 radical (unpaired) electrons. The van der Waals surface area contributed by atoms with E-state index in [0.29, 0.717) is 0 Å². The first-order valence-corrected chi connectivity index (χ1v) is 6.69. The minimum absolute atomic E-state index is 0.797. The van der Waals surface area contributed by atoms with Crippen LogP contribution in [0.2, 0.25) is 5.02 Å². The lowest BCUT2D eigenvalue weighted by atomic mass is 10.2. The van der Waals surface area contributed by atoms with E-state index < -0.39 is 0 Å². The fourth-order valence-electron chi connectivity index (χ4n) is 1.90. The zero-order chi connectivity index (χ0) is 11.7. The molecule has 0 spiro atoms. The molecular formula is C14H11ClNS+. The number of thiazole rings is 1. The van der Waals surface area contributed by atoms with E-state index >= 15 is 0 Å². The van der Waals surface area contributed by atoms with E-state index in [1.54, 1.807) is 11.3 Å². The minimum Gasteiger partial charge on any atom is -0.184 e. The molecule has 2 aromatic carbocycles. The smallest absolute Gasteiger partial charge is 0.184 e.